The van der Waals surface area contributed by atoms with Gasteiger partial charge in [0.25, 0.3) is 0 Å². The van der Waals surface area contributed by atoms with Crippen LogP contribution in [-0.2, 0) is 4.84 Å². The number of aromatic nitrogens is 2. The van der Waals surface area contributed by atoms with Gasteiger partial charge in [0.15, 0.2) is 0 Å². The van der Waals surface area contributed by atoms with E-state index >= 15 is 0 Å². The number of nitrogens with zero attached hydrogens (tertiary/aromatic N) is 3. The Hall–Kier alpha value is -2.19. The lowest BCUT2D eigenvalue weighted by Crippen LogP contribution is -2.47. The van der Waals surface area contributed by atoms with Crippen molar-refractivity contribution < 1.29 is 9.57 Å². The van der Waals surface area contributed by atoms with Gasteiger partial charge in [0.1, 0.15) is 18.1 Å². The van der Waals surface area contributed by atoms with Gasteiger partial charge in [-0.25, -0.2) is 4.98 Å². The molecule has 2 aromatic rings. The van der Waals surface area contributed by atoms with Crippen LogP contribution in [0, 0.1) is 6.92 Å². The van der Waals surface area contributed by atoms with E-state index in [1.807, 2.05) is 24.0 Å². The number of nitrogens with one attached hydrogen (secondary N) is 2. The van der Waals surface area contributed by atoms with Crippen LogP contribution in [0.5, 0.6) is 5.75 Å². The monoisotopic (exact) mass is 383 g/mol. The number of ether oxygens (including phenoxy) is 1. The van der Waals surface area contributed by atoms with Gasteiger partial charge in [0.2, 0.25) is 0 Å². The fourth-order valence-corrected chi connectivity index (χ4v) is 3.95. The van der Waals surface area contributed by atoms with E-state index in [1.54, 1.807) is 7.11 Å². The second kappa shape index (κ2) is 8.45. The first-order valence-electron chi connectivity index (χ1n) is 9.96. The molecular weight excluding hydrogens is 354 g/mol. The number of hydroxylamine groups is 1. The molecule has 1 unspecified atom stereocenters. The van der Waals surface area contributed by atoms with Crippen LogP contribution < -0.4 is 15.5 Å². The largest absolute Gasteiger partial charge is 0.495 e. The third kappa shape index (κ3) is 3.84. The summed E-state index contributed by atoms with van der Waals surface area (Å²) in [6, 6.07) is 6.30. The molecule has 0 saturated carbocycles. The van der Waals surface area contributed by atoms with Crippen molar-refractivity contribution in [2.45, 2.75) is 39.1 Å². The van der Waals surface area contributed by atoms with E-state index in [1.165, 1.54) is 5.57 Å². The van der Waals surface area contributed by atoms with Crippen molar-refractivity contribution in [1.82, 2.24) is 25.2 Å². The minimum Gasteiger partial charge on any atom is -0.495 e. The number of imidazole rings is 1. The minimum atomic E-state index is 0.0787. The van der Waals surface area contributed by atoms with Gasteiger partial charge >= 0.3 is 0 Å². The minimum absolute atomic E-state index is 0.0787. The molecule has 7 heteroatoms. The maximum absolute atomic E-state index is 5.83. The number of rotatable bonds is 6. The molecule has 0 amide bonds. The SMILES string of the molecule is CCNC[C@@H]1ONC2/C(=C/c3ccc(-n4cnc(C)c4)c(OC)c3)CCCN21. The first-order valence-corrected chi connectivity index (χ1v) is 9.96. The Labute approximate surface area is 166 Å². The first kappa shape index (κ1) is 19.1. The van der Waals surface area contributed by atoms with E-state index < -0.39 is 0 Å². The standard InChI is InChI=1S/C21H29N5O2/c1-4-22-12-20-26-9-5-6-17(21(26)24-28-20)10-16-7-8-18(19(11-16)27-3)25-13-15(2)23-14-25/h7-8,10-11,13-14,20-22,24H,4-6,9,12H2,1-3H3/b17-10+/t20-,21?/m0/s1. The topological polar surface area (TPSA) is 63.6 Å². The van der Waals surface area contributed by atoms with Crippen molar-refractivity contribution in [3.8, 4) is 11.4 Å². The average Bonchev–Trinajstić information content (AvgIpc) is 3.33. The average molecular weight is 383 g/mol. The van der Waals surface area contributed by atoms with Gasteiger partial charge in [-0.05, 0) is 49.6 Å². The summed E-state index contributed by atoms with van der Waals surface area (Å²) < 4.78 is 7.64. The molecule has 7 nitrogen and oxygen atoms in total. The summed E-state index contributed by atoms with van der Waals surface area (Å²) >= 11 is 0. The predicted molar refractivity (Wildman–Crippen MR) is 109 cm³/mol. The van der Waals surface area contributed by atoms with Gasteiger partial charge < -0.3 is 14.6 Å². The van der Waals surface area contributed by atoms with Gasteiger partial charge in [-0.2, -0.15) is 5.48 Å². The van der Waals surface area contributed by atoms with Gasteiger partial charge in [0, 0.05) is 19.3 Å². The van der Waals surface area contributed by atoms with Gasteiger partial charge in [-0.3, -0.25) is 9.74 Å². The molecule has 2 atom stereocenters. The van der Waals surface area contributed by atoms with Crippen LogP contribution in [0.15, 0.2) is 36.3 Å². The highest BCUT2D eigenvalue weighted by Gasteiger charge is 2.38. The molecule has 2 aliphatic rings. The molecule has 2 aliphatic heterocycles. The highest BCUT2D eigenvalue weighted by Crippen LogP contribution is 2.31. The van der Waals surface area contributed by atoms with Crippen LogP contribution >= 0.6 is 0 Å². The number of benzene rings is 1. The lowest BCUT2D eigenvalue weighted by Gasteiger charge is -2.32. The number of methoxy groups -OCH3 is 1. The van der Waals surface area contributed by atoms with E-state index in [0.29, 0.717) is 0 Å². The first-order chi connectivity index (χ1) is 13.7. The van der Waals surface area contributed by atoms with E-state index in [9.17, 15) is 0 Å². The third-order valence-electron chi connectivity index (χ3n) is 5.36. The summed E-state index contributed by atoms with van der Waals surface area (Å²) in [7, 11) is 1.71. The van der Waals surface area contributed by atoms with Crippen molar-refractivity contribution >= 4 is 6.08 Å². The molecule has 2 saturated heterocycles. The van der Waals surface area contributed by atoms with Crippen molar-refractivity contribution in [3.05, 3.63) is 47.6 Å². The zero-order chi connectivity index (χ0) is 19.5. The van der Waals surface area contributed by atoms with Crippen LogP contribution in [-0.4, -0.2) is 53.6 Å². The van der Waals surface area contributed by atoms with Crippen LogP contribution in [0.1, 0.15) is 31.0 Å². The Morgan fingerprint density at radius 1 is 1.43 bits per heavy atom. The lowest BCUT2D eigenvalue weighted by atomic mass is 9.98. The molecule has 0 bridgehead atoms. The zero-order valence-electron chi connectivity index (χ0n) is 16.8. The number of likely N-dealkylation sites (N-methyl/N-ethyl adjacent to an activating group) is 1. The molecule has 2 fully saturated rings. The van der Waals surface area contributed by atoms with Crippen molar-refractivity contribution in [3.63, 3.8) is 0 Å². The Morgan fingerprint density at radius 3 is 3.07 bits per heavy atom. The van der Waals surface area contributed by atoms with Gasteiger partial charge in [-0.1, -0.05) is 19.1 Å². The second-order valence-electron chi connectivity index (χ2n) is 7.31. The smallest absolute Gasteiger partial charge is 0.146 e. The van der Waals surface area contributed by atoms with E-state index in [-0.39, 0.29) is 12.4 Å². The van der Waals surface area contributed by atoms with E-state index in [0.717, 1.165) is 55.2 Å². The molecule has 1 aromatic heterocycles. The Bertz CT molecular complexity index is 847. The Balaban J connectivity index is 1.56. The van der Waals surface area contributed by atoms with Crippen LogP contribution in [0.2, 0.25) is 0 Å². The maximum atomic E-state index is 5.83. The molecule has 2 N–H and O–H groups in total. The fourth-order valence-electron chi connectivity index (χ4n) is 3.95. The Morgan fingerprint density at radius 2 is 2.32 bits per heavy atom. The summed E-state index contributed by atoms with van der Waals surface area (Å²) in [4.78, 5) is 12.5. The van der Waals surface area contributed by atoms with Crippen LogP contribution in [0.25, 0.3) is 11.8 Å². The molecule has 0 aliphatic carbocycles. The maximum Gasteiger partial charge on any atom is 0.146 e. The van der Waals surface area contributed by atoms with E-state index in [2.05, 4.69) is 51.9 Å². The number of hydrogen-bond acceptors (Lipinski definition) is 6. The predicted octanol–water partition coefficient (Wildman–Crippen LogP) is 2.47. The molecular formula is C21H29N5O2. The number of piperidine rings is 1. The second-order valence-corrected chi connectivity index (χ2v) is 7.31. The van der Waals surface area contributed by atoms with E-state index in [4.69, 9.17) is 9.57 Å². The Kier molecular flexibility index (Phi) is 5.77. The molecule has 0 radical (unpaired) electrons. The highest BCUT2D eigenvalue weighted by atomic mass is 16.7. The summed E-state index contributed by atoms with van der Waals surface area (Å²) in [6.07, 6.45) is 8.49. The number of hydrogen-bond donors (Lipinski definition) is 2. The summed E-state index contributed by atoms with van der Waals surface area (Å²) in [6.45, 7) is 6.93. The normalized spacial score (nSPS) is 23.9. The van der Waals surface area contributed by atoms with Crippen molar-refractivity contribution in [1.29, 1.82) is 0 Å². The van der Waals surface area contributed by atoms with Crippen LogP contribution in [0.3, 0.4) is 0 Å². The zero-order valence-corrected chi connectivity index (χ0v) is 16.8. The molecule has 1 aromatic carbocycles. The van der Waals surface area contributed by atoms with Crippen molar-refractivity contribution in [2.75, 3.05) is 26.7 Å². The van der Waals surface area contributed by atoms with Gasteiger partial charge in [0.05, 0.1) is 24.8 Å². The number of aryl methyl sites for hydroxylation is 1. The summed E-state index contributed by atoms with van der Waals surface area (Å²) in [5.41, 5.74) is 7.68. The lowest BCUT2D eigenvalue weighted by molar-refractivity contribution is -0.00794. The van der Waals surface area contributed by atoms with Crippen molar-refractivity contribution in [2.24, 2.45) is 0 Å². The molecule has 28 heavy (non-hydrogen) atoms. The molecule has 0 spiro atoms. The summed E-state index contributed by atoms with van der Waals surface area (Å²) in [5, 5.41) is 3.38. The van der Waals surface area contributed by atoms with Gasteiger partial charge in [-0.15, -0.1) is 0 Å². The molecule has 4 rings (SSSR count). The fraction of sp³-hybridized carbons (Fsp3) is 0.476. The molecule has 150 valence electrons. The molecule has 3 heterocycles. The highest BCUT2D eigenvalue weighted by molar-refractivity contribution is 5.61. The summed E-state index contributed by atoms with van der Waals surface area (Å²) in [5.74, 6) is 0.833. The third-order valence-corrected chi connectivity index (χ3v) is 5.36. The number of fused-ring (bicyclic) bond motifs is 1. The quantitative estimate of drug-likeness (QED) is 0.799. The van der Waals surface area contributed by atoms with Crippen LogP contribution in [0.4, 0.5) is 0 Å².